The number of carbonyl (C=O) groups excluding carboxylic acids is 1. The first-order valence-electron chi connectivity index (χ1n) is 4.95. The van der Waals surface area contributed by atoms with Crippen molar-refractivity contribution in [2.45, 2.75) is 6.54 Å². The van der Waals surface area contributed by atoms with Crippen LogP contribution < -0.4 is 0 Å². The first kappa shape index (κ1) is 10.2. The van der Waals surface area contributed by atoms with Crippen LogP contribution in [0.15, 0.2) is 48.7 Å². The van der Waals surface area contributed by atoms with Crippen LogP contribution in [0.4, 0.5) is 0 Å². The molecule has 1 aromatic heterocycles. The fraction of sp³-hybridized carbons (Fsp3) is 0.0769. The lowest BCUT2D eigenvalue weighted by atomic mass is 10.1. The molecule has 0 atom stereocenters. The van der Waals surface area contributed by atoms with Crippen molar-refractivity contribution in [1.29, 1.82) is 5.26 Å². The minimum absolute atomic E-state index is 0.00769. The summed E-state index contributed by atoms with van der Waals surface area (Å²) in [5.74, 6) is 0.00769. The summed E-state index contributed by atoms with van der Waals surface area (Å²) >= 11 is 0. The summed E-state index contributed by atoms with van der Waals surface area (Å²) in [7, 11) is 0. The van der Waals surface area contributed by atoms with Crippen molar-refractivity contribution in [3.63, 3.8) is 0 Å². The van der Waals surface area contributed by atoms with Gasteiger partial charge in [0.1, 0.15) is 11.8 Å². The van der Waals surface area contributed by atoms with E-state index >= 15 is 0 Å². The van der Waals surface area contributed by atoms with Crippen LogP contribution in [0.1, 0.15) is 16.1 Å². The maximum absolute atomic E-state index is 11.8. The summed E-state index contributed by atoms with van der Waals surface area (Å²) in [4.78, 5) is 11.8. The second-order valence-electron chi connectivity index (χ2n) is 3.42. The zero-order valence-corrected chi connectivity index (χ0v) is 8.63. The van der Waals surface area contributed by atoms with E-state index in [1.165, 1.54) is 0 Å². The molecule has 0 aliphatic rings. The average molecular weight is 210 g/mol. The van der Waals surface area contributed by atoms with E-state index < -0.39 is 0 Å². The Hall–Kier alpha value is -2.34. The van der Waals surface area contributed by atoms with Crippen LogP contribution in [0, 0.1) is 11.3 Å². The molecule has 3 heteroatoms. The van der Waals surface area contributed by atoms with E-state index in [0.717, 1.165) is 0 Å². The number of hydrogen-bond donors (Lipinski definition) is 0. The van der Waals surface area contributed by atoms with Gasteiger partial charge in [-0.05, 0) is 12.1 Å². The number of ketones is 1. The van der Waals surface area contributed by atoms with E-state index in [-0.39, 0.29) is 12.3 Å². The molecule has 0 N–H and O–H groups in total. The van der Waals surface area contributed by atoms with Gasteiger partial charge in [0.25, 0.3) is 0 Å². The number of rotatable bonds is 3. The maximum atomic E-state index is 11.8. The highest BCUT2D eigenvalue weighted by atomic mass is 16.1. The molecule has 0 bridgehead atoms. The lowest BCUT2D eigenvalue weighted by Gasteiger charge is -2.03. The van der Waals surface area contributed by atoms with Gasteiger partial charge in [-0.15, -0.1) is 0 Å². The van der Waals surface area contributed by atoms with E-state index in [1.807, 2.05) is 24.3 Å². The van der Waals surface area contributed by atoms with Crippen LogP contribution >= 0.6 is 0 Å². The van der Waals surface area contributed by atoms with Gasteiger partial charge in [-0.2, -0.15) is 5.26 Å². The summed E-state index contributed by atoms with van der Waals surface area (Å²) < 4.78 is 1.65. The summed E-state index contributed by atoms with van der Waals surface area (Å²) in [6, 6.07) is 14.6. The third kappa shape index (κ3) is 2.01. The maximum Gasteiger partial charge on any atom is 0.182 e. The van der Waals surface area contributed by atoms with Gasteiger partial charge in [0.15, 0.2) is 5.78 Å². The second-order valence-corrected chi connectivity index (χ2v) is 3.42. The van der Waals surface area contributed by atoms with Gasteiger partial charge in [0, 0.05) is 11.8 Å². The fourth-order valence-corrected chi connectivity index (χ4v) is 1.52. The van der Waals surface area contributed by atoms with Gasteiger partial charge < -0.3 is 4.57 Å². The standard InChI is InChI=1S/C13H10N2O/c14-9-12-7-4-8-15(12)10-13(16)11-5-2-1-3-6-11/h1-8H,10H2. The predicted molar refractivity (Wildman–Crippen MR) is 59.9 cm³/mol. The normalized spacial score (nSPS) is 9.69. The number of Topliss-reactive ketones (excluding diaryl/α,β-unsaturated/α-hetero) is 1. The van der Waals surface area contributed by atoms with Crippen molar-refractivity contribution in [3.05, 3.63) is 59.9 Å². The van der Waals surface area contributed by atoms with Gasteiger partial charge in [-0.3, -0.25) is 4.79 Å². The van der Waals surface area contributed by atoms with E-state index in [2.05, 4.69) is 0 Å². The van der Waals surface area contributed by atoms with Gasteiger partial charge in [0.2, 0.25) is 0 Å². The van der Waals surface area contributed by atoms with E-state index in [0.29, 0.717) is 11.3 Å². The molecule has 1 heterocycles. The first-order chi connectivity index (χ1) is 7.81. The minimum Gasteiger partial charge on any atom is -0.332 e. The molecule has 0 unspecified atom stereocenters. The number of hydrogen-bond acceptors (Lipinski definition) is 2. The summed E-state index contributed by atoms with van der Waals surface area (Å²) in [5.41, 5.74) is 1.17. The molecule has 0 aliphatic carbocycles. The summed E-state index contributed by atoms with van der Waals surface area (Å²) in [6.45, 7) is 0.208. The monoisotopic (exact) mass is 210 g/mol. The largest absolute Gasteiger partial charge is 0.332 e. The Morgan fingerprint density at radius 3 is 2.62 bits per heavy atom. The molecule has 1 aromatic carbocycles. The zero-order valence-electron chi connectivity index (χ0n) is 8.63. The Morgan fingerprint density at radius 1 is 1.19 bits per heavy atom. The molecule has 0 amide bonds. The van der Waals surface area contributed by atoms with E-state index in [1.54, 1.807) is 35.0 Å². The van der Waals surface area contributed by atoms with Crippen LogP contribution in [0.25, 0.3) is 0 Å². The Bertz CT molecular complexity index is 535. The van der Waals surface area contributed by atoms with Crippen LogP contribution in [0.3, 0.4) is 0 Å². The molecule has 78 valence electrons. The molecule has 0 fully saturated rings. The molecule has 3 nitrogen and oxygen atoms in total. The molecule has 0 saturated carbocycles. The van der Waals surface area contributed by atoms with Gasteiger partial charge in [-0.1, -0.05) is 30.3 Å². The molecule has 2 aromatic rings. The van der Waals surface area contributed by atoms with Crippen LogP contribution in [-0.2, 0) is 6.54 Å². The Balaban J connectivity index is 2.18. The Kier molecular flexibility index (Phi) is 2.84. The van der Waals surface area contributed by atoms with Crippen molar-refractivity contribution < 1.29 is 4.79 Å². The SMILES string of the molecule is N#Cc1cccn1CC(=O)c1ccccc1. The lowest BCUT2D eigenvalue weighted by Crippen LogP contribution is -2.10. The predicted octanol–water partition coefficient (Wildman–Crippen LogP) is 2.24. The Morgan fingerprint density at radius 2 is 1.94 bits per heavy atom. The third-order valence-corrected chi connectivity index (χ3v) is 2.35. The molecule has 0 saturated heterocycles. The van der Waals surface area contributed by atoms with Crippen LogP contribution in [0.5, 0.6) is 0 Å². The van der Waals surface area contributed by atoms with Gasteiger partial charge in [0.05, 0.1) is 6.54 Å². The van der Waals surface area contributed by atoms with Crippen LogP contribution in [-0.4, -0.2) is 10.4 Å². The van der Waals surface area contributed by atoms with Crippen molar-refractivity contribution in [2.75, 3.05) is 0 Å². The van der Waals surface area contributed by atoms with E-state index in [9.17, 15) is 4.79 Å². The highest BCUT2D eigenvalue weighted by Gasteiger charge is 2.07. The van der Waals surface area contributed by atoms with Crippen molar-refractivity contribution >= 4 is 5.78 Å². The van der Waals surface area contributed by atoms with Crippen LogP contribution in [0.2, 0.25) is 0 Å². The summed E-state index contributed by atoms with van der Waals surface area (Å²) in [5, 5.41) is 8.81. The smallest absolute Gasteiger partial charge is 0.182 e. The van der Waals surface area contributed by atoms with Crippen molar-refractivity contribution in [3.8, 4) is 6.07 Å². The topological polar surface area (TPSA) is 45.8 Å². The third-order valence-electron chi connectivity index (χ3n) is 2.35. The molecule has 16 heavy (non-hydrogen) atoms. The highest BCUT2D eigenvalue weighted by Crippen LogP contribution is 2.05. The number of nitrogens with zero attached hydrogens (tertiary/aromatic N) is 2. The molecular weight excluding hydrogens is 200 g/mol. The fourth-order valence-electron chi connectivity index (χ4n) is 1.52. The molecule has 0 aliphatic heterocycles. The number of benzene rings is 1. The summed E-state index contributed by atoms with van der Waals surface area (Å²) in [6.07, 6.45) is 1.74. The number of carbonyl (C=O) groups is 1. The highest BCUT2D eigenvalue weighted by molar-refractivity contribution is 5.95. The Labute approximate surface area is 93.6 Å². The molecule has 2 rings (SSSR count). The first-order valence-corrected chi connectivity index (χ1v) is 4.95. The molecule has 0 spiro atoms. The molecular formula is C13H10N2O. The van der Waals surface area contributed by atoms with Gasteiger partial charge >= 0.3 is 0 Å². The van der Waals surface area contributed by atoms with E-state index in [4.69, 9.17) is 5.26 Å². The van der Waals surface area contributed by atoms with Crippen molar-refractivity contribution in [2.24, 2.45) is 0 Å². The second kappa shape index (κ2) is 4.45. The molecule has 0 radical (unpaired) electrons. The zero-order chi connectivity index (χ0) is 11.4. The average Bonchev–Trinajstić information content (AvgIpc) is 2.77. The lowest BCUT2D eigenvalue weighted by molar-refractivity contribution is 0.0972. The quantitative estimate of drug-likeness (QED) is 0.729. The minimum atomic E-state index is 0.00769. The van der Waals surface area contributed by atoms with Gasteiger partial charge in [-0.25, -0.2) is 0 Å². The number of nitriles is 1. The number of aromatic nitrogens is 1. The van der Waals surface area contributed by atoms with Crippen molar-refractivity contribution in [1.82, 2.24) is 4.57 Å².